The molecule has 0 aliphatic heterocycles. The second-order valence-corrected chi connectivity index (χ2v) is 5.68. The fourth-order valence-electron chi connectivity index (χ4n) is 2.00. The van der Waals surface area contributed by atoms with Crippen molar-refractivity contribution in [2.24, 2.45) is 5.73 Å². The minimum atomic E-state index is -1.05. The number of nitrogens with zero attached hydrogens (tertiary/aromatic N) is 1. The monoisotopic (exact) mass is 347 g/mol. The van der Waals surface area contributed by atoms with Gasteiger partial charge in [0, 0.05) is 39.5 Å². The molecule has 0 radical (unpaired) electrons. The topological polar surface area (TPSA) is 157 Å². The molecule has 0 aromatic rings. The fraction of sp³-hybridized carbons (Fsp3) is 0.786. The zero-order valence-electron chi connectivity index (χ0n) is 14.2. The van der Waals surface area contributed by atoms with Gasteiger partial charge in [-0.15, -0.1) is 0 Å². The normalized spacial score (nSPS) is 13.4. The number of likely N-dealkylation sites (N-methyl/N-ethyl adjacent to an activating group) is 1. The maximum Gasteiger partial charge on any atom is 0.319 e. The molecule has 2 amide bonds. The second kappa shape index (κ2) is 12.6. The number of aliphatic hydroxyl groups is 1. The number of carboxylic acid groups (broad SMARTS) is 1. The summed E-state index contributed by atoms with van der Waals surface area (Å²) in [5.74, 6) is -1.53. The third-order valence-electron chi connectivity index (χ3n) is 2.99. The van der Waals surface area contributed by atoms with E-state index in [-0.39, 0.29) is 25.3 Å². The summed E-state index contributed by atoms with van der Waals surface area (Å²) < 4.78 is 0. The molecule has 0 aliphatic carbocycles. The van der Waals surface area contributed by atoms with E-state index in [0.29, 0.717) is 19.6 Å². The van der Waals surface area contributed by atoms with Crippen LogP contribution in [0.4, 0.5) is 0 Å². The summed E-state index contributed by atoms with van der Waals surface area (Å²) in [5, 5.41) is 25.3. The Labute approximate surface area is 141 Å². The van der Waals surface area contributed by atoms with Gasteiger partial charge in [-0.1, -0.05) is 0 Å². The molecule has 10 nitrogen and oxygen atoms in total. The van der Waals surface area contributed by atoms with Gasteiger partial charge in [0.1, 0.15) is 6.54 Å². The number of rotatable bonds is 13. The van der Waals surface area contributed by atoms with Gasteiger partial charge in [0.2, 0.25) is 11.8 Å². The van der Waals surface area contributed by atoms with Gasteiger partial charge in [-0.2, -0.15) is 0 Å². The number of aliphatic carboxylic acids is 1. The smallest absolute Gasteiger partial charge is 0.319 e. The van der Waals surface area contributed by atoms with Crippen molar-refractivity contribution in [3.63, 3.8) is 0 Å². The SMILES string of the molecule is CC(=O)NCCCNC[C@H](O)C[C@@H](N)CC(=O)NN(C)CC(=O)O. The van der Waals surface area contributed by atoms with Crippen LogP contribution in [0.1, 0.15) is 26.2 Å². The molecule has 0 aromatic heterocycles. The maximum atomic E-state index is 11.7. The molecular formula is C14H29N5O5. The number of carbonyl (C=O) groups excluding carboxylic acids is 2. The van der Waals surface area contributed by atoms with Gasteiger partial charge in [0.25, 0.3) is 0 Å². The lowest BCUT2D eigenvalue weighted by Gasteiger charge is -2.19. The molecule has 24 heavy (non-hydrogen) atoms. The molecule has 0 rings (SSSR count). The Hall–Kier alpha value is -1.75. The van der Waals surface area contributed by atoms with Crippen LogP contribution < -0.4 is 21.8 Å². The van der Waals surface area contributed by atoms with E-state index in [1.54, 1.807) is 0 Å². The zero-order valence-corrected chi connectivity index (χ0v) is 14.2. The van der Waals surface area contributed by atoms with Crippen LogP contribution in [0.3, 0.4) is 0 Å². The number of hydrazine groups is 1. The lowest BCUT2D eigenvalue weighted by atomic mass is 10.1. The van der Waals surface area contributed by atoms with Crippen molar-refractivity contribution in [1.29, 1.82) is 0 Å². The first kappa shape index (κ1) is 22.2. The first-order chi connectivity index (χ1) is 11.2. The standard InChI is InChI=1S/C14H29N5O5/c1-10(20)17-5-3-4-16-8-12(21)6-11(15)7-13(22)18-19(2)9-14(23)24/h11-12,16,21H,3-9,15H2,1-2H3,(H,17,20)(H,18,22)(H,23,24)/t11-,12-/m1/s1. The summed E-state index contributed by atoms with van der Waals surface area (Å²) >= 11 is 0. The van der Waals surface area contributed by atoms with Gasteiger partial charge >= 0.3 is 5.97 Å². The number of hydrogen-bond donors (Lipinski definition) is 6. The average molecular weight is 347 g/mol. The molecule has 0 heterocycles. The van der Waals surface area contributed by atoms with Gasteiger partial charge in [-0.3, -0.25) is 19.8 Å². The number of amides is 2. The predicted octanol–water partition coefficient (Wildman–Crippen LogP) is -2.38. The Bertz CT molecular complexity index is 407. The lowest BCUT2D eigenvalue weighted by Crippen LogP contribution is -2.44. The van der Waals surface area contributed by atoms with Gasteiger partial charge < -0.3 is 26.6 Å². The Morgan fingerprint density at radius 3 is 2.50 bits per heavy atom. The molecule has 0 saturated heterocycles. The number of nitrogens with two attached hydrogens (primary N) is 1. The highest BCUT2D eigenvalue weighted by atomic mass is 16.4. The van der Waals surface area contributed by atoms with E-state index in [4.69, 9.17) is 10.8 Å². The second-order valence-electron chi connectivity index (χ2n) is 5.68. The molecular weight excluding hydrogens is 318 g/mol. The molecule has 0 saturated carbocycles. The first-order valence-electron chi connectivity index (χ1n) is 7.82. The van der Waals surface area contributed by atoms with Gasteiger partial charge in [-0.25, -0.2) is 5.01 Å². The fourth-order valence-corrected chi connectivity index (χ4v) is 2.00. The van der Waals surface area contributed by atoms with Crippen LogP contribution in [0.2, 0.25) is 0 Å². The average Bonchev–Trinajstić information content (AvgIpc) is 2.40. The summed E-state index contributed by atoms with van der Waals surface area (Å²) in [7, 11) is 1.44. The van der Waals surface area contributed by atoms with E-state index < -0.39 is 24.0 Å². The lowest BCUT2D eigenvalue weighted by molar-refractivity contribution is -0.139. The van der Waals surface area contributed by atoms with E-state index in [2.05, 4.69) is 16.1 Å². The number of carbonyl (C=O) groups is 3. The van der Waals surface area contributed by atoms with Gasteiger partial charge in [0.15, 0.2) is 0 Å². The van der Waals surface area contributed by atoms with Crippen molar-refractivity contribution >= 4 is 17.8 Å². The van der Waals surface area contributed by atoms with Crippen LogP contribution in [0.15, 0.2) is 0 Å². The van der Waals surface area contributed by atoms with Crippen LogP contribution in [-0.4, -0.2) is 78.4 Å². The third-order valence-corrected chi connectivity index (χ3v) is 2.99. The zero-order chi connectivity index (χ0) is 18.5. The van der Waals surface area contributed by atoms with Crippen molar-refractivity contribution in [3.8, 4) is 0 Å². The van der Waals surface area contributed by atoms with Crippen molar-refractivity contribution < 1.29 is 24.6 Å². The highest BCUT2D eigenvalue weighted by Gasteiger charge is 2.16. The number of carboxylic acids is 1. The molecule has 0 bridgehead atoms. The predicted molar refractivity (Wildman–Crippen MR) is 87.8 cm³/mol. The Kier molecular flexibility index (Phi) is 11.7. The molecule has 2 atom stereocenters. The van der Waals surface area contributed by atoms with Crippen molar-refractivity contribution in [3.05, 3.63) is 0 Å². The van der Waals surface area contributed by atoms with Crippen molar-refractivity contribution in [1.82, 2.24) is 21.1 Å². The molecule has 0 aliphatic rings. The van der Waals surface area contributed by atoms with Crippen molar-refractivity contribution in [2.75, 3.05) is 33.2 Å². The van der Waals surface area contributed by atoms with E-state index in [0.717, 1.165) is 11.4 Å². The molecule has 10 heteroatoms. The quantitative estimate of drug-likeness (QED) is 0.159. The first-order valence-corrected chi connectivity index (χ1v) is 7.82. The number of hydrogen-bond acceptors (Lipinski definition) is 7. The van der Waals surface area contributed by atoms with Crippen LogP contribution in [0, 0.1) is 0 Å². The summed E-state index contributed by atoms with van der Waals surface area (Å²) in [4.78, 5) is 32.8. The van der Waals surface area contributed by atoms with Crippen LogP contribution in [0.25, 0.3) is 0 Å². The van der Waals surface area contributed by atoms with Crippen LogP contribution in [0.5, 0.6) is 0 Å². The molecule has 7 N–H and O–H groups in total. The van der Waals surface area contributed by atoms with Gasteiger partial charge in [-0.05, 0) is 19.4 Å². The number of aliphatic hydroxyl groups excluding tert-OH is 1. The van der Waals surface area contributed by atoms with Crippen LogP contribution in [-0.2, 0) is 14.4 Å². The van der Waals surface area contributed by atoms with E-state index >= 15 is 0 Å². The molecule has 0 aromatic carbocycles. The van der Waals surface area contributed by atoms with E-state index in [1.165, 1.54) is 14.0 Å². The summed E-state index contributed by atoms with van der Waals surface area (Å²) in [6.45, 7) is 2.70. The third kappa shape index (κ3) is 13.9. The summed E-state index contributed by atoms with van der Waals surface area (Å²) in [6, 6.07) is -0.528. The van der Waals surface area contributed by atoms with Crippen molar-refractivity contribution in [2.45, 2.75) is 38.3 Å². The molecule has 140 valence electrons. The largest absolute Gasteiger partial charge is 0.480 e. The molecule has 0 fully saturated rings. The molecule has 0 spiro atoms. The minimum Gasteiger partial charge on any atom is -0.480 e. The maximum absolute atomic E-state index is 11.7. The highest BCUT2D eigenvalue weighted by molar-refractivity contribution is 5.76. The Morgan fingerprint density at radius 2 is 1.92 bits per heavy atom. The molecule has 0 unspecified atom stereocenters. The number of nitrogens with one attached hydrogen (secondary N) is 3. The summed E-state index contributed by atoms with van der Waals surface area (Å²) in [5.41, 5.74) is 8.20. The summed E-state index contributed by atoms with van der Waals surface area (Å²) in [6.07, 6.45) is 0.292. The Morgan fingerprint density at radius 1 is 1.25 bits per heavy atom. The highest BCUT2D eigenvalue weighted by Crippen LogP contribution is 2.00. The van der Waals surface area contributed by atoms with E-state index in [1.807, 2.05) is 0 Å². The Balaban J connectivity index is 3.77. The van der Waals surface area contributed by atoms with E-state index in [9.17, 15) is 19.5 Å². The van der Waals surface area contributed by atoms with Crippen LogP contribution >= 0.6 is 0 Å². The van der Waals surface area contributed by atoms with Gasteiger partial charge in [0.05, 0.1) is 6.10 Å². The minimum absolute atomic E-state index is 0.0104.